The van der Waals surface area contributed by atoms with Crippen LogP contribution in [0.15, 0.2) is 30.3 Å². The highest BCUT2D eigenvalue weighted by Crippen LogP contribution is 2.31. The molecule has 0 spiro atoms. The Morgan fingerprint density at radius 3 is 2.81 bits per heavy atom. The summed E-state index contributed by atoms with van der Waals surface area (Å²) in [6.07, 6.45) is 7.05. The fourth-order valence-corrected chi connectivity index (χ4v) is 3.81. The first-order valence-electron chi connectivity index (χ1n) is 8.35. The summed E-state index contributed by atoms with van der Waals surface area (Å²) < 4.78 is 0. The first kappa shape index (κ1) is 14.6. The molecule has 3 rings (SSSR count). The summed E-state index contributed by atoms with van der Waals surface area (Å²) >= 11 is 0. The van der Waals surface area contributed by atoms with Gasteiger partial charge in [-0.1, -0.05) is 56.5 Å². The first-order valence-corrected chi connectivity index (χ1v) is 8.35. The van der Waals surface area contributed by atoms with Gasteiger partial charge in [0.05, 0.1) is 12.7 Å². The topological polar surface area (TPSA) is 32.3 Å². The van der Waals surface area contributed by atoms with E-state index in [0.29, 0.717) is 11.9 Å². The summed E-state index contributed by atoms with van der Waals surface area (Å²) in [6.45, 7) is 3.01. The maximum absolute atomic E-state index is 12.7. The number of rotatable bonds is 4. The minimum absolute atomic E-state index is 0.0330. The van der Waals surface area contributed by atoms with Crippen molar-refractivity contribution in [1.29, 1.82) is 0 Å². The van der Waals surface area contributed by atoms with Gasteiger partial charge in [-0.25, -0.2) is 0 Å². The van der Waals surface area contributed by atoms with E-state index in [4.69, 9.17) is 0 Å². The minimum atomic E-state index is -0.0330. The number of carbonyl (C=O) groups is 1. The van der Waals surface area contributed by atoms with E-state index in [9.17, 15) is 4.79 Å². The van der Waals surface area contributed by atoms with E-state index in [-0.39, 0.29) is 6.04 Å². The van der Waals surface area contributed by atoms with E-state index in [1.807, 2.05) is 18.2 Å². The van der Waals surface area contributed by atoms with Crippen molar-refractivity contribution >= 4 is 5.91 Å². The molecule has 1 aromatic rings. The largest absolute Gasteiger partial charge is 0.326 e. The maximum Gasteiger partial charge on any atom is 0.241 e. The lowest BCUT2D eigenvalue weighted by Gasteiger charge is -2.34. The molecular weight excluding hydrogens is 260 g/mol. The molecule has 1 aliphatic heterocycles. The molecular formula is C18H26N2O. The van der Waals surface area contributed by atoms with E-state index in [2.05, 4.69) is 29.3 Å². The van der Waals surface area contributed by atoms with Gasteiger partial charge in [-0.3, -0.25) is 10.1 Å². The second-order valence-corrected chi connectivity index (χ2v) is 6.51. The number of hydrogen-bond acceptors (Lipinski definition) is 2. The standard InChI is InChI=1S/C18H26N2O/c1-2-14-9-6-10-16(11-14)20-13-19-17(18(20)21)12-15-7-4-3-5-8-15/h3-5,7-8,14,16-17,19H,2,6,9-13H2,1H3. The maximum atomic E-state index is 12.7. The third kappa shape index (κ3) is 3.29. The van der Waals surface area contributed by atoms with Gasteiger partial charge in [0.25, 0.3) is 0 Å². The van der Waals surface area contributed by atoms with Crippen LogP contribution in [0.25, 0.3) is 0 Å². The van der Waals surface area contributed by atoms with Crippen LogP contribution in [0.1, 0.15) is 44.6 Å². The Morgan fingerprint density at radius 1 is 1.24 bits per heavy atom. The van der Waals surface area contributed by atoms with Crippen molar-refractivity contribution in [2.45, 2.75) is 57.5 Å². The zero-order valence-electron chi connectivity index (χ0n) is 12.9. The van der Waals surface area contributed by atoms with Gasteiger partial charge in [0.15, 0.2) is 0 Å². The van der Waals surface area contributed by atoms with E-state index < -0.39 is 0 Å². The smallest absolute Gasteiger partial charge is 0.241 e. The predicted molar refractivity (Wildman–Crippen MR) is 84.8 cm³/mol. The van der Waals surface area contributed by atoms with Crippen LogP contribution >= 0.6 is 0 Å². The first-order chi connectivity index (χ1) is 10.3. The van der Waals surface area contributed by atoms with Crippen LogP contribution in [0, 0.1) is 5.92 Å². The Labute approximate surface area is 127 Å². The number of nitrogens with one attached hydrogen (secondary N) is 1. The molecule has 2 fully saturated rings. The van der Waals surface area contributed by atoms with Crippen LogP contribution in [-0.2, 0) is 11.2 Å². The molecule has 1 saturated carbocycles. The van der Waals surface area contributed by atoms with Crippen LogP contribution < -0.4 is 5.32 Å². The molecule has 3 nitrogen and oxygen atoms in total. The second kappa shape index (κ2) is 6.61. The molecule has 0 bridgehead atoms. The molecule has 3 unspecified atom stereocenters. The number of hydrogen-bond donors (Lipinski definition) is 1. The Hall–Kier alpha value is -1.35. The quantitative estimate of drug-likeness (QED) is 0.923. The van der Waals surface area contributed by atoms with E-state index >= 15 is 0 Å². The fourth-order valence-electron chi connectivity index (χ4n) is 3.81. The molecule has 1 heterocycles. The second-order valence-electron chi connectivity index (χ2n) is 6.51. The van der Waals surface area contributed by atoms with Gasteiger partial charge in [0, 0.05) is 6.04 Å². The average molecular weight is 286 g/mol. The van der Waals surface area contributed by atoms with Crippen molar-refractivity contribution in [1.82, 2.24) is 10.2 Å². The van der Waals surface area contributed by atoms with Crippen LogP contribution in [0.4, 0.5) is 0 Å². The van der Waals surface area contributed by atoms with Crippen molar-refractivity contribution < 1.29 is 4.79 Å². The van der Waals surface area contributed by atoms with Gasteiger partial charge in [0.1, 0.15) is 0 Å². The molecule has 1 aliphatic carbocycles. The molecule has 0 radical (unpaired) electrons. The summed E-state index contributed by atoms with van der Waals surface area (Å²) in [7, 11) is 0. The Kier molecular flexibility index (Phi) is 4.59. The third-order valence-corrected chi connectivity index (χ3v) is 5.15. The molecule has 1 aromatic carbocycles. The van der Waals surface area contributed by atoms with Crippen LogP contribution in [-0.4, -0.2) is 29.6 Å². The van der Waals surface area contributed by atoms with Crippen molar-refractivity contribution in [3.8, 4) is 0 Å². The van der Waals surface area contributed by atoms with E-state index in [1.54, 1.807) is 0 Å². The zero-order chi connectivity index (χ0) is 14.7. The van der Waals surface area contributed by atoms with Crippen LogP contribution in [0.2, 0.25) is 0 Å². The van der Waals surface area contributed by atoms with Crippen LogP contribution in [0.3, 0.4) is 0 Å². The lowest BCUT2D eigenvalue weighted by molar-refractivity contribution is -0.131. The molecule has 0 aromatic heterocycles. The summed E-state index contributed by atoms with van der Waals surface area (Å²) in [4.78, 5) is 14.8. The SMILES string of the molecule is CCC1CCCC(N2CNC(Cc3ccccc3)C2=O)C1. The Balaban J connectivity index is 1.61. The minimum Gasteiger partial charge on any atom is -0.326 e. The highest BCUT2D eigenvalue weighted by atomic mass is 16.2. The highest BCUT2D eigenvalue weighted by molar-refractivity contribution is 5.84. The summed E-state index contributed by atoms with van der Waals surface area (Å²) in [5, 5.41) is 3.41. The highest BCUT2D eigenvalue weighted by Gasteiger charge is 2.37. The number of benzene rings is 1. The molecule has 1 N–H and O–H groups in total. The van der Waals surface area contributed by atoms with Crippen molar-refractivity contribution in [2.75, 3.05) is 6.67 Å². The van der Waals surface area contributed by atoms with Gasteiger partial charge in [-0.2, -0.15) is 0 Å². The number of nitrogens with zero attached hydrogens (tertiary/aromatic N) is 1. The zero-order valence-corrected chi connectivity index (χ0v) is 12.9. The Bertz CT molecular complexity index is 473. The van der Waals surface area contributed by atoms with E-state index in [1.165, 1.54) is 37.7 Å². The molecule has 1 saturated heterocycles. The van der Waals surface area contributed by atoms with Crippen LogP contribution in [0.5, 0.6) is 0 Å². The summed E-state index contributed by atoms with van der Waals surface area (Å²) in [5.41, 5.74) is 1.24. The normalized spacial score (nSPS) is 29.9. The van der Waals surface area contributed by atoms with Gasteiger partial charge >= 0.3 is 0 Å². The van der Waals surface area contributed by atoms with Gasteiger partial charge < -0.3 is 4.90 Å². The number of amides is 1. The molecule has 2 aliphatic rings. The summed E-state index contributed by atoms with van der Waals surface area (Å²) in [6, 6.07) is 10.7. The van der Waals surface area contributed by atoms with Gasteiger partial charge in [-0.15, -0.1) is 0 Å². The lowest BCUT2D eigenvalue weighted by atomic mass is 9.83. The molecule has 3 heteroatoms. The molecule has 3 atom stereocenters. The molecule has 21 heavy (non-hydrogen) atoms. The predicted octanol–water partition coefficient (Wildman–Crippen LogP) is 2.96. The van der Waals surface area contributed by atoms with Crippen molar-refractivity contribution in [3.63, 3.8) is 0 Å². The van der Waals surface area contributed by atoms with Crippen molar-refractivity contribution in [2.24, 2.45) is 5.92 Å². The summed E-state index contributed by atoms with van der Waals surface area (Å²) in [5.74, 6) is 1.12. The molecule has 114 valence electrons. The number of carbonyl (C=O) groups excluding carboxylic acids is 1. The third-order valence-electron chi connectivity index (χ3n) is 5.15. The van der Waals surface area contributed by atoms with Gasteiger partial charge in [-0.05, 0) is 30.7 Å². The van der Waals surface area contributed by atoms with Gasteiger partial charge in [0.2, 0.25) is 5.91 Å². The van der Waals surface area contributed by atoms with E-state index in [0.717, 1.165) is 19.0 Å². The Morgan fingerprint density at radius 2 is 2.05 bits per heavy atom. The average Bonchev–Trinajstić information content (AvgIpc) is 2.89. The van der Waals surface area contributed by atoms with Crippen molar-refractivity contribution in [3.05, 3.63) is 35.9 Å². The molecule has 1 amide bonds. The monoisotopic (exact) mass is 286 g/mol. The fraction of sp³-hybridized carbons (Fsp3) is 0.611. The lowest BCUT2D eigenvalue weighted by Crippen LogP contribution is -2.41.